The smallest absolute Gasteiger partial charge is 0.394 e. The maximum Gasteiger partial charge on any atom is 0.394 e. The van der Waals surface area contributed by atoms with E-state index in [1.807, 2.05) is 0 Å². The number of rotatable bonds is 0. The van der Waals surface area contributed by atoms with Crippen LogP contribution in [-0.2, 0) is 10.4 Å². The van der Waals surface area contributed by atoms with Gasteiger partial charge in [-0.2, -0.15) is 48.9 Å². The van der Waals surface area contributed by atoms with Crippen LogP contribution in [0.25, 0.3) is 0 Å². The van der Waals surface area contributed by atoms with E-state index in [0.29, 0.717) is 0 Å². The van der Waals surface area contributed by atoms with E-state index in [1.54, 1.807) is 0 Å². The Labute approximate surface area is 173 Å². The van der Waals surface area contributed by atoms with E-state index < -0.39 is 10.4 Å². The fourth-order valence-corrected chi connectivity index (χ4v) is 0. The first kappa shape index (κ1) is 602. The fourth-order valence-electron chi connectivity index (χ4n) is 0. The molecule has 0 aliphatic carbocycles. The molecule has 0 saturated heterocycles. The van der Waals surface area contributed by atoms with Gasteiger partial charge in [-0.3, -0.25) is 19.6 Å². The summed E-state index contributed by atoms with van der Waals surface area (Å²) in [5.74, 6) is 0. The van der Waals surface area contributed by atoms with Crippen molar-refractivity contribution >= 4 is 50.9 Å². The molecule has 26 heavy (non-hydrogen) atoms. The lowest BCUT2D eigenvalue weighted by atomic mass is 12.0. The van der Waals surface area contributed by atoms with E-state index in [9.17, 15) is 0 Å². The summed E-state index contributed by atoms with van der Waals surface area (Å²) in [6.07, 6.45) is 0. The first-order valence-electron chi connectivity index (χ1n) is 0.898. The van der Waals surface area contributed by atoms with Gasteiger partial charge < -0.3 is 78.7 Å². The number of hydrogen-bond donors (Lipinski definition) is 7. The third-order valence-corrected chi connectivity index (χ3v) is 0. The predicted molar refractivity (Wildman–Crippen MR) is 119 cm³/mol. The maximum atomic E-state index is 8.74. The Morgan fingerprint density at radius 3 is 0.423 bits per heavy atom. The third-order valence-electron chi connectivity index (χ3n) is 0. The molecule has 0 amide bonds. The van der Waals surface area contributed by atoms with Crippen LogP contribution in [0, 0.1) is 0 Å². The molecule has 0 aromatic rings. The lowest BCUT2D eigenvalue weighted by Gasteiger charge is -1.68. The average molecular weight is 516 g/mol. The Hall–Kier alpha value is 0.280. The van der Waals surface area contributed by atoms with Crippen molar-refractivity contribution in [3.05, 3.63) is 0 Å². The summed E-state index contributed by atoms with van der Waals surface area (Å²) < 4.78 is 31.6. The van der Waals surface area contributed by atoms with Crippen molar-refractivity contribution < 1.29 is 88.3 Å². The largest absolute Gasteiger partial charge is 0.412 e. The van der Waals surface area contributed by atoms with Gasteiger partial charge in [0.25, 0.3) is 0 Å². The lowest BCUT2D eigenvalue weighted by Crippen LogP contribution is -1.89. The van der Waals surface area contributed by atoms with Gasteiger partial charge in [0.2, 0.25) is 0 Å². The molecule has 0 aliphatic rings. The lowest BCUT2D eigenvalue weighted by molar-refractivity contribution is -0.176. The van der Waals surface area contributed by atoms with Crippen molar-refractivity contribution in [2.45, 2.75) is 14.9 Å². The van der Waals surface area contributed by atoms with E-state index in [4.69, 9.17) is 28.0 Å². The maximum absolute atomic E-state index is 8.74. The topological polar surface area (TPSA) is 567 Å². The summed E-state index contributed by atoms with van der Waals surface area (Å²) in [6, 6.07) is 0. The molecule has 0 unspecified atom stereocenters. The summed E-state index contributed by atoms with van der Waals surface area (Å²) in [5.41, 5.74) is 0. The van der Waals surface area contributed by atoms with Gasteiger partial charge in [-0.15, -0.1) is 0 Å². The molecule has 0 atom stereocenters. The van der Waals surface area contributed by atoms with Crippen molar-refractivity contribution in [2.24, 2.45) is 0 Å². The standard InChI is InChI=1S/2CH4.3H3N.H2O4S.H2O2.11H2O.3H2S/c;;;;;1-5(2,3)4;1-2;;;;;;;;;;;;;;/h2*1H4;3*1H3;(H2,1,2,3,4);1-2H;14*1H2. The summed E-state index contributed by atoms with van der Waals surface area (Å²) in [7, 11) is -4.67. The van der Waals surface area contributed by atoms with Crippen LogP contribution in [-0.4, -0.2) is 88.3 Å². The second-order valence-corrected chi connectivity index (χ2v) is 1.34. The minimum Gasteiger partial charge on any atom is -0.412 e. The zero-order valence-corrected chi connectivity index (χ0v) is 16.0. The molecule has 0 rings (SSSR count). The van der Waals surface area contributed by atoms with Crippen molar-refractivity contribution in [3.63, 3.8) is 0 Å². The Morgan fingerprint density at radius 2 is 0.423 bits per heavy atom. The van der Waals surface area contributed by atoms with Gasteiger partial charge in [0, 0.05) is 0 Å². The third kappa shape index (κ3) is 168000. The van der Waals surface area contributed by atoms with E-state index >= 15 is 0 Å². The predicted octanol–water partition coefficient (Wildman–Crippen LogP) is -7.61. The molecular formula is C2H49N3O17S4. The van der Waals surface area contributed by atoms with Crippen LogP contribution < -0.4 is 18.5 Å². The quantitative estimate of drug-likeness (QED) is 0.0912. The first-order valence-corrected chi connectivity index (χ1v) is 2.30. The van der Waals surface area contributed by atoms with Crippen molar-refractivity contribution in [3.8, 4) is 0 Å². The number of hydrogen-bond acceptors (Lipinski definition) is 7. The molecule has 24 heteroatoms. The van der Waals surface area contributed by atoms with E-state index in [1.165, 1.54) is 0 Å². The van der Waals surface area contributed by atoms with Crippen LogP contribution in [0.2, 0.25) is 0 Å². The molecule has 0 aromatic heterocycles. The van der Waals surface area contributed by atoms with E-state index in [-0.39, 0.29) is 134 Å². The van der Waals surface area contributed by atoms with Crippen LogP contribution in [0.3, 0.4) is 0 Å². The zero-order chi connectivity index (χ0) is 6.50. The molecule has 0 fully saturated rings. The highest BCUT2D eigenvalue weighted by Gasteiger charge is 1.84. The minimum absolute atomic E-state index is 0. The molecule has 0 saturated carbocycles. The molecule has 20 nitrogen and oxygen atoms in total. The molecule has 198 valence electrons. The van der Waals surface area contributed by atoms with Gasteiger partial charge in [-0.05, 0) is 0 Å². The average Bonchev–Trinajstić information content (AvgIpc) is 1.36. The highest BCUT2D eigenvalue weighted by molar-refractivity contribution is 7.79. The monoisotopic (exact) mass is 515 g/mol. The van der Waals surface area contributed by atoms with Gasteiger partial charge in [0.05, 0.1) is 0 Å². The van der Waals surface area contributed by atoms with Crippen molar-refractivity contribution in [1.29, 1.82) is 0 Å². The fraction of sp³-hybridized carbons (Fsp3) is 1.00. The summed E-state index contributed by atoms with van der Waals surface area (Å²) in [6.45, 7) is 0. The van der Waals surface area contributed by atoms with Crippen LogP contribution in [0.15, 0.2) is 0 Å². The van der Waals surface area contributed by atoms with Gasteiger partial charge in [0.15, 0.2) is 0 Å². The van der Waals surface area contributed by atoms with E-state index in [2.05, 4.69) is 0 Å². The highest BCUT2D eigenvalue weighted by atomic mass is 32.3. The summed E-state index contributed by atoms with van der Waals surface area (Å²) in [4.78, 5) is 0. The molecule has 0 bridgehead atoms. The van der Waals surface area contributed by atoms with Gasteiger partial charge in [-0.25, -0.2) is 0 Å². The zero-order valence-electron chi connectivity index (χ0n) is 12.1. The van der Waals surface area contributed by atoms with E-state index in [0.717, 1.165) is 0 Å². The second-order valence-electron chi connectivity index (χ2n) is 0.448. The Kier molecular flexibility index (Phi) is 8760. The van der Waals surface area contributed by atoms with Crippen molar-refractivity contribution in [1.82, 2.24) is 18.5 Å². The molecule has 0 radical (unpaired) electrons. The van der Waals surface area contributed by atoms with Gasteiger partial charge in [-0.1, -0.05) is 14.9 Å². The first-order chi connectivity index (χ1) is 3.00. The molecule has 0 spiro atoms. The van der Waals surface area contributed by atoms with Gasteiger partial charge in [0.1, 0.15) is 0 Å². The van der Waals surface area contributed by atoms with Crippen LogP contribution in [0.5, 0.6) is 0 Å². The Bertz CT molecular complexity index is 121. The second kappa shape index (κ2) is 378. The highest BCUT2D eigenvalue weighted by Crippen LogP contribution is 1.59. The normalized spacial score (nSPS) is 2.46. The van der Waals surface area contributed by atoms with Gasteiger partial charge >= 0.3 is 10.4 Å². The Balaban J connectivity index is -0.000000000611. The molecular weight excluding hydrogens is 466 g/mol. The summed E-state index contributed by atoms with van der Waals surface area (Å²) >= 11 is 0. The molecule has 0 heterocycles. The van der Waals surface area contributed by atoms with Crippen LogP contribution >= 0.6 is 40.5 Å². The van der Waals surface area contributed by atoms with Crippen LogP contribution in [0.4, 0.5) is 0 Å². The minimum atomic E-state index is -4.67. The summed E-state index contributed by atoms with van der Waals surface area (Å²) in [5, 5.41) is 12.0. The van der Waals surface area contributed by atoms with Crippen molar-refractivity contribution in [2.75, 3.05) is 0 Å². The molecule has 0 aliphatic heterocycles. The SMILES string of the molecule is C.C.N.N.N.O.O.O.O.O.O.O.O.O.O.O.O=S(=O)(O)O.OO.S.S.S. The molecule has 0 aromatic carbocycles. The van der Waals surface area contributed by atoms with Crippen LogP contribution in [0.1, 0.15) is 14.9 Å². The Morgan fingerprint density at radius 1 is 0.423 bits per heavy atom. The molecule has 35 N–H and O–H groups in total.